The molecule has 1 heterocycles. The molecule has 0 saturated carbocycles. The van der Waals surface area contributed by atoms with Crippen LogP contribution in [0.5, 0.6) is 0 Å². The molecule has 0 aromatic heterocycles. The summed E-state index contributed by atoms with van der Waals surface area (Å²) in [5.41, 5.74) is 3.18. The molecule has 3 heteroatoms. The van der Waals surface area contributed by atoms with Gasteiger partial charge in [0.15, 0.2) is 11.6 Å². The molecule has 1 saturated heterocycles. The van der Waals surface area contributed by atoms with Gasteiger partial charge in [0.25, 0.3) is 0 Å². The molecule has 2 aliphatic rings. The van der Waals surface area contributed by atoms with Crippen molar-refractivity contribution in [1.82, 2.24) is 0 Å². The van der Waals surface area contributed by atoms with Crippen LogP contribution in [-0.4, -0.2) is 24.7 Å². The maximum absolute atomic E-state index is 12.7. The number of benzene rings is 2. The van der Waals surface area contributed by atoms with E-state index in [-0.39, 0.29) is 11.6 Å². The van der Waals surface area contributed by atoms with Gasteiger partial charge in [-0.2, -0.15) is 0 Å². The largest absolute Gasteiger partial charge is 0.372 e. The maximum Gasteiger partial charge on any atom is 0.194 e. The normalized spacial score (nSPS) is 17.2. The van der Waals surface area contributed by atoms with Gasteiger partial charge in [0.2, 0.25) is 0 Å². The number of fused-ring (bicyclic) bond motifs is 2. The summed E-state index contributed by atoms with van der Waals surface area (Å²) in [6.07, 6.45) is 3.64. The van der Waals surface area contributed by atoms with Crippen LogP contribution in [-0.2, 0) is 0 Å². The number of hydrogen-bond donors (Lipinski definition) is 0. The van der Waals surface area contributed by atoms with E-state index < -0.39 is 0 Å². The lowest BCUT2D eigenvalue weighted by atomic mass is 9.84. The van der Waals surface area contributed by atoms with E-state index in [1.54, 1.807) is 18.2 Å². The summed E-state index contributed by atoms with van der Waals surface area (Å²) in [5.74, 6) is -0.0838. The zero-order valence-corrected chi connectivity index (χ0v) is 12.3. The topological polar surface area (TPSA) is 37.4 Å². The zero-order chi connectivity index (χ0) is 15.1. The first-order valence-electron chi connectivity index (χ1n) is 7.83. The lowest BCUT2D eigenvalue weighted by Crippen LogP contribution is -2.30. The van der Waals surface area contributed by atoms with Gasteiger partial charge >= 0.3 is 0 Å². The molecule has 0 atom stereocenters. The molecule has 0 bridgehead atoms. The summed E-state index contributed by atoms with van der Waals surface area (Å²) in [4.78, 5) is 27.6. The van der Waals surface area contributed by atoms with Crippen molar-refractivity contribution in [2.45, 2.75) is 19.3 Å². The number of hydrogen-bond acceptors (Lipinski definition) is 3. The summed E-state index contributed by atoms with van der Waals surface area (Å²) in [6, 6.07) is 12.8. The van der Waals surface area contributed by atoms with E-state index in [0.29, 0.717) is 22.3 Å². The van der Waals surface area contributed by atoms with E-state index in [9.17, 15) is 9.59 Å². The Labute approximate surface area is 129 Å². The van der Waals surface area contributed by atoms with Crippen LogP contribution in [0.15, 0.2) is 42.5 Å². The van der Waals surface area contributed by atoms with Gasteiger partial charge in [0.05, 0.1) is 0 Å². The van der Waals surface area contributed by atoms with E-state index in [0.717, 1.165) is 18.8 Å². The Morgan fingerprint density at radius 2 is 1.27 bits per heavy atom. The fraction of sp³-hybridized carbons (Fsp3) is 0.263. The van der Waals surface area contributed by atoms with Gasteiger partial charge in [-0.3, -0.25) is 9.59 Å². The number of rotatable bonds is 1. The molecule has 1 aliphatic heterocycles. The first kappa shape index (κ1) is 13.3. The summed E-state index contributed by atoms with van der Waals surface area (Å²) in [7, 11) is 0. The Kier molecular flexibility index (Phi) is 3.07. The third kappa shape index (κ3) is 1.97. The monoisotopic (exact) mass is 291 g/mol. The second-order valence-electron chi connectivity index (χ2n) is 5.98. The van der Waals surface area contributed by atoms with E-state index in [4.69, 9.17) is 0 Å². The molecule has 3 nitrogen and oxygen atoms in total. The van der Waals surface area contributed by atoms with Gasteiger partial charge in [-0.25, -0.2) is 0 Å². The number of ketones is 2. The SMILES string of the molecule is O=C1c2ccccc2C(=O)c2cc(N3CCCCC3)ccc21. The Morgan fingerprint density at radius 1 is 0.682 bits per heavy atom. The maximum atomic E-state index is 12.7. The Hall–Kier alpha value is -2.42. The van der Waals surface area contributed by atoms with Crippen molar-refractivity contribution < 1.29 is 9.59 Å². The van der Waals surface area contributed by atoms with Crippen LogP contribution in [0.3, 0.4) is 0 Å². The fourth-order valence-corrected chi connectivity index (χ4v) is 3.44. The smallest absolute Gasteiger partial charge is 0.194 e. The van der Waals surface area contributed by atoms with Crippen LogP contribution in [0.4, 0.5) is 5.69 Å². The first-order chi connectivity index (χ1) is 10.8. The van der Waals surface area contributed by atoms with Crippen molar-refractivity contribution in [2.24, 2.45) is 0 Å². The van der Waals surface area contributed by atoms with Gasteiger partial charge in [-0.1, -0.05) is 24.3 Å². The fourth-order valence-electron chi connectivity index (χ4n) is 3.44. The van der Waals surface area contributed by atoms with Crippen LogP contribution >= 0.6 is 0 Å². The number of anilines is 1. The lowest BCUT2D eigenvalue weighted by molar-refractivity contribution is 0.0979. The van der Waals surface area contributed by atoms with E-state index >= 15 is 0 Å². The molecule has 2 aromatic carbocycles. The molecule has 22 heavy (non-hydrogen) atoms. The number of piperidine rings is 1. The molecule has 0 amide bonds. The van der Waals surface area contributed by atoms with Gasteiger partial charge in [-0.05, 0) is 37.5 Å². The molecular weight excluding hydrogens is 274 g/mol. The van der Waals surface area contributed by atoms with Crippen molar-refractivity contribution in [3.05, 3.63) is 64.7 Å². The standard InChI is InChI=1S/C19H17NO2/c21-18-14-6-2-3-7-15(14)19(22)17-12-13(8-9-16(17)18)20-10-4-1-5-11-20/h2-3,6-9,12H,1,4-5,10-11H2. The van der Waals surface area contributed by atoms with Crippen LogP contribution in [0, 0.1) is 0 Å². The summed E-state index contributed by atoms with van der Waals surface area (Å²) >= 11 is 0. The molecule has 0 spiro atoms. The average Bonchev–Trinajstić information content (AvgIpc) is 2.60. The predicted octanol–water partition coefficient (Wildman–Crippen LogP) is 3.45. The van der Waals surface area contributed by atoms with Crippen LogP contribution in [0.25, 0.3) is 0 Å². The minimum atomic E-state index is -0.0459. The quantitative estimate of drug-likeness (QED) is 0.689. The summed E-state index contributed by atoms with van der Waals surface area (Å²) in [5, 5.41) is 0. The molecule has 0 radical (unpaired) electrons. The van der Waals surface area contributed by atoms with Gasteiger partial charge in [-0.15, -0.1) is 0 Å². The Balaban J connectivity index is 1.80. The molecule has 1 fully saturated rings. The highest BCUT2D eigenvalue weighted by atomic mass is 16.1. The molecule has 0 N–H and O–H groups in total. The van der Waals surface area contributed by atoms with Crippen LogP contribution < -0.4 is 4.90 Å². The number of carbonyl (C=O) groups is 2. The van der Waals surface area contributed by atoms with E-state index in [1.807, 2.05) is 24.3 Å². The van der Waals surface area contributed by atoms with E-state index in [2.05, 4.69) is 4.90 Å². The van der Waals surface area contributed by atoms with Gasteiger partial charge in [0, 0.05) is 41.0 Å². The first-order valence-corrected chi connectivity index (χ1v) is 7.83. The third-order valence-electron chi connectivity index (χ3n) is 4.63. The average molecular weight is 291 g/mol. The molecule has 110 valence electrons. The summed E-state index contributed by atoms with van der Waals surface area (Å²) < 4.78 is 0. The van der Waals surface area contributed by atoms with Gasteiger partial charge < -0.3 is 4.90 Å². The van der Waals surface area contributed by atoms with Crippen molar-refractivity contribution in [3.63, 3.8) is 0 Å². The van der Waals surface area contributed by atoms with Crippen molar-refractivity contribution in [1.29, 1.82) is 0 Å². The highest BCUT2D eigenvalue weighted by Crippen LogP contribution is 2.31. The molecule has 1 aliphatic carbocycles. The minimum absolute atomic E-state index is 0.0379. The minimum Gasteiger partial charge on any atom is -0.372 e. The second kappa shape index (κ2) is 5.09. The second-order valence-corrected chi connectivity index (χ2v) is 5.98. The molecule has 4 rings (SSSR count). The predicted molar refractivity (Wildman–Crippen MR) is 85.8 cm³/mol. The van der Waals surface area contributed by atoms with Crippen molar-refractivity contribution >= 4 is 17.3 Å². The van der Waals surface area contributed by atoms with Crippen LogP contribution in [0.1, 0.15) is 51.1 Å². The highest BCUT2D eigenvalue weighted by molar-refractivity contribution is 6.28. The number of carbonyl (C=O) groups excluding carboxylic acids is 2. The van der Waals surface area contributed by atoms with Gasteiger partial charge in [0.1, 0.15) is 0 Å². The Morgan fingerprint density at radius 3 is 1.95 bits per heavy atom. The molecule has 0 unspecified atom stereocenters. The van der Waals surface area contributed by atoms with E-state index in [1.165, 1.54) is 19.3 Å². The third-order valence-corrected chi connectivity index (χ3v) is 4.63. The summed E-state index contributed by atoms with van der Waals surface area (Å²) in [6.45, 7) is 2.05. The highest BCUT2D eigenvalue weighted by Gasteiger charge is 2.29. The van der Waals surface area contributed by atoms with Crippen molar-refractivity contribution in [2.75, 3.05) is 18.0 Å². The van der Waals surface area contributed by atoms with Crippen LogP contribution in [0.2, 0.25) is 0 Å². The lowest BCUT2D eigenvalue weighted by Gasteiger charge is -2.30. The molecule has 2 aromatic rings. The molecular formula is C19H17NO2. The van der Waals surface area contributed by atoms with Crippen molar-refractivity contribution in [3.8, 4) is 0 Å². The Bertz CT molecular complexity index is 773. The zero-order valence-electron chi connectivity index (χ0n) is 12.3. The number of nitrogens with zero attached hydrogens (tertiary/aromatic N) is 1.